The molecule has 1 aromatic heterocycles. The van der Waals surface area contributed by atoms with E-state index in [2.05, 4.69) is 20.5 Å². The molecule has 10 nitrogen and oxygen atoms in total. The van der Waals surface area contributed by atoms with Crippen LogP contribution in [0.15, 0.2) is 36.4 Å². The van der Waals surface area contributed by atoms with Crippen LogP contribution in [0.25, 0.3) is 15.7 Å². The van der Waals surface area contributed by atoms with E-state index < -0.39 is 69.8 Å². The molecule has 1 fully saturated rings. The van der Waals surface area contributed by atoms with Crippen molar-refractivity contribution in [1.82, 2.24) is 20.1 Å². The van der Waals surface area contributed by atoms with E-state index in [9.17, 15) is 32.3 Å². The van der Waals surface area contributed by atoms with Gasteiger partial charge in [-0.05, 0) is 36.5 Å². The Morgan fingerprint density at radius 1 is 1.18 bits per heavy atom. The number of likely N-dealkylation sites (N-methyl/N-ethyl adjacent to an activating group) is 1. The zero-order chi connectivity index (χ0) is 33.0. The molecule has 3 heterocycles. The summed E-state index contributed by atoms with van der Waals surface area (Å²) in [7, 11) is 1.42. The highest BCUT2D eigenvalue weighted by Gasteiger charge is 2.59. The van der Waals surface area contributed by atoms with Crippen molar-refractivity contribution in [1.29, 1.82) is 0 Å². The second kappa shape index (κ2) is 11.3. The third-order valence-corrected chi connectivity index (χ3v) is 8.51. The molecule has 2 aromatic carbocycles. The Morgan fingerprint density at radius 2 is 1.87 bits per heavy atom. The maximum absolute atomic E-state index is 14.2. The minimum Gasteiger partial charge on any atom is -0.348 e. The number of amides is 4. The molecule has 236 valence electrons. The fraction of sp³-hybridized carbons (Fsp3) is 0.406. The van der Waals surface area contributed by atoms with Gasteiger partial charge < -0.3 is 20.5 Å². The molecule has 3 aromatic rings. The quantitative estimate of drug-likeness (QED) is 0.280. The van der Waals surface area contributed by atoms with Crippen LogP contribution in [0.1, 0.15) is 56.6 Å². The van der Waals surface area contributed by atoms with Gasteiger partial charge in [-0.1, -0.05) is 39.0 Å². The number of hydrogen-bond acceptors (Lipinski definition) is 4. The highest BCUT2D eigenvalue weighted by molar-refractivity contribution is 6.07. The lowest BCUT2D eigenvalue weighted by Gasteiger charge is -2.36. The Morgan fingerprint density at radius 3 is 2.53 bits per heavy atom. The summed E-state index contributed by atoms with van der Waals surface area (Å²) in [6.45, 7) is 14.9. The first-order valence-electron chi connectivity index (χ1n) is 14.4. The fourth-order valence-electron chi connectivity index (χ4n) is 6.22. The predicted molar refractivity (Wildman–Crippen MR) is 159 cm³/mol. The first-order valence-corrected chi connectivity index (χ1v) is 14.4. The summed E-state index contributed by atoms with van der Waals surface area (Å²) in [6, 6.07) is 6.31. The lowest BCUT2D eigenvalue weighted by molar-refractivity contribution is -0.146. The first kappa shape index (κ1) is 31.6. The van der Waals surface area contributed by atoms with Crippen LogP contribution in [-0.4, -0.2) is 70.3 Å². The molecule has 0 unspecified atom stereocenters. The Bertz CT molecular complexity index is 1780. The van der Waals surface area contributed by atoms with Gasteiger partial charge in [-0.3, -0.25) is 28.9 Å². The predicted octanol–water partition coefficient (Wildman–Crippen LogP) is 4.33. The van der Waals surface area contributed by atoms with Gasteiger partial charge in [-0.15, -0.1) is 0 Å². The molecule has 4 amide bonds. The molecule has 0 saturated carbocycles. The number of hydrogen-bond donors (Lipinski definition) is 3. The Labute approximate surface area is 257 Å². The molecular formula is C32H33F3N6O4. The number of nitrogens with one attached hydrogen (secondary N) is 3. The molecule has 13 heteroatoms. The maximum Gasteiger partial charge on any atom is 0.302 e. The van der Waals surface area contributed by atoms with E-state index in [1.54, 1.807) is 24.3 Å². The van der Waals surface area contributed by atoms with E-state index in [1.807, 2.05) is 20.8 Å². The summed E-state index contributed by atoms with van der Waals surface area (Å²) in [4.78, 5) is 62.7. The van der Waals surface area contributed by atoms with Crippen LogP contribution >= 0.6 is 0 Å². The van der Waals surface area contributed by atoms with Crippen molar-refractivity contribution >= 4 is 40.2 Å². The number of aromatic nitrogens is 1. The molecule has 4 atom stereocenters. The van der Waals surface area contributed by atoms with Crippen molar-refractivity contribution in [2.45, 2.75) is 64.2 Å². The van der Waals surface area contributed by atoms with Crippen molar-refractivity contribution in [3.05, 3.63) is 76.5 Å². The standard InChI is InChI=1S/C32H33F3N6O4/c1-16(37-27(42)22-11-17-19(33)12-20(34)25(35)26(17)38-22)28(43)40(6)23(13-31(2,3)4)29(44)41-15-32(14-24(41)36-5)18-9-7-8-10-21(18)39-30(32)45/h7-12,16,23-24,38H,13-15H2,1-4,6H3,(H,37,42)(H,39,45)/t16-,23-,24-,32-/m0/s1. The summed E-state index contributed by atoms with van der Waals surface area (Å²) in [5, 5.41) is 5.00. The van der Waals surface area contributed by atoms with Gasteiger partial charge in [0, 0.05) is 30.7 Å². The van der Waals surface area contributed by atoms with Crippen LogP contribution in [0, 0.1) is 29.4 Å². The molecule has 1 spiro atoms. The molecule has 45 heavy (non-hydrogen) atoms. The number of likely N-dealkylation sites (tertiary alicyclic amines) is 1. The van der Waals surface area contributed by atoms with Crippen LogP contribution in [0.5, 0.6) is 0 Å². The van der Waals surface area contributed by atoms with E-state index in [0.717, 1.165) is 6.07 Å². The zero-order valence-electron chi connectivity index (χ0n) is 25.4. The van der Waals surface area contributed by atoms with Crippen LogP contribution in [0.2, 0.25) is 0 Å². The summed E-state index contributed by atoms with van der Waals surface area (Å²) in [5.74, 6) is -6.14. The lowest BCUT2D eigenvalue weighted by Crippen LogP contribution is -2.56. The largest absolute Gasteiger partial charge is 0.348 e. The van der Waals surface area contributed by atoms with Crippen LogP contribution in [-0.2, 0) is 19.8 Å². The smallest absolute Gasteiger partial charge is 0.302 e. The summed E-state index contributed by atoms with van der Waals surface area (Å²) < 4.78 is 42.0. The van der Waals surface area contributed by atoms with Crippen molar-refractivity contribution < 1.29 is 32.3 Å². The number of nitrogens with zero attached hydrogens (tertiary/aromatic N) is 3. The van der Waals surface area contributed by atoms with E-state index >= 15 is 0 Å². The van der Waals surface area contributed by atoms with Crippen molar-refractivity contribution in [2.24, 2.45) is 5.41 Å². The number of anilines is 1. The van der Waals surface area contributed by atoms with Gasteiger partial charge in [0.15, 0.2) is 11.6 Å². The van der Waals surface area contributed by atoms with Gasteiger partial charge >= 0.3 is 6.17 Å². The average Bonchev–Trinajstić information content (AvgIpc) is 3.68. The number of benzene rings is 2. The maximum atomic E-state index is 14.2. The molecule has 2 aliphatic rings. The van der Waals surface area contributed by atoms with Gasteiger partial charge in [-0.25, -0.2) is 19.7 Å². The van der Waals surface area contributed by atoms with Gasteiger partial charge in [0.05, 0.1) is 11.9 Å². The highest BCUT2D eigenvalue weighted by atomic mass is 19.2. The Kier molecular flexibility index (Phi) is 7.89. The Hall–Kier alpha value is -4.86. The van der Waals surface area contributed by atoms with Gasteiger partial charge in [0.2, 0.25) is 11.8 Å². The molecular weight excluding hydrogens is 589 g/mol. The summed E-state index contributed by atoms with van der Waals surface area (Å²) in [5.41, 5.74) is -1.02. The number of H-pyrrole nitrogens is 1. The van der Waals surface area contributed by atoms with Gasteiger partial charge in [0.1, 0.15) is 29.0 Å². The van der Waals surface area contributed by atoms with Crippen molar-refractivity contribution in [2.75, 3.05) is 18.9 Å². The molecule has 0 radical (unpaired) electrons. The molecule has 3 N–H and O–H groups in total. The summed E-state index contributed by atoms with van der Waals surface area (Å²) in [6.07, 6.45) is -0.629. The third-order valence-electron chi connectivity index (χ3n) is 8.51. The number of halogens is 3. The van der Waals surface area contributed by atoms with E-state index in [-0.39, 0.29) is 36.4 Å². The number of carbonyl (C=O) groups excluding carboxylic acids is 4. The average molecular weight is 623 g/mol. The first-order chi connectivity index (χ1) is 21.1. The fourth-order valence-corrected chi connectivity index (χ4v) is 6.22. The highest BCUT2D eigenvalue weighted by Crippen LogP contribution is 2.47. The van der Waals surface area contributed by atoms with Gasteiger partial charge in [-0.2, -0.15) is 0 Å². The number of rotatable bonds is 6. The van der Waals surface area contributed by atoms with Crippen molar-refractivity contribution in [3.8, 4) is 0 Å². The summed E-state index contributed by atoms with van der Waals surface area (Å²) >= 11 is 0. The van der Waals surface area contributed by atoms with E-state index in [1.165, 1.54) is 23.8 Å². The number of fused-ring (bicyclic) bond motifs is 3. The molecule has 0 bridgehead atoms. The number of aromatic amines is 1. The SMILES string of the molecule is [C-]#[N+][C@@H]1C[C@@]2(CN1C(=O)[C@H](CC(C)(C)C)N(C)C(=O)[C@H](C)NC(=O)c1cc3c(F)cc(F)c(F)c3[nH]1)C(=O)Nc1ccccc12. The van der Waals surface area contributed by atoms with Crippen LogP contribution in [0.4, 0.5) is 18.9 Å². The molecule has 5 rings (SSSR count). The zero-order valence-corrected chi connectivity index (χ0v) is 25.4. The van der Waals surface area contributed by atoms with E-state index in [0.29, 0.717) is 17.3 Å². The van der Waals surface area contributed by atoms with Crippen LogP contribution in [0.3, 0.4) is 0 Å². The lowest BCUT2D eigenvalue weighted by atomic mass is 9.80. The van der Waals surface area contributed by atoms with Gasteiger partial charge in [0.25, 0.3) is 11.8 Å². The monoisotopic (exact) mass is 622 g/mol. The Balaban J connectivity index is 1.38. The second-order valence-corrected chi connectivity index (χ2v) is 12.9. The number of para-hydroxylation sites is 1. The minimum atomic E-state index is -1.42. The normalized spacial score (nSPS) is 20.5. The second-order valence-electron chi connectivity index (χ2n) is 12.9. The number of carbonyl (C=O) groups is 4. The minimum absolute atomic E-state index is 0.0369. The van der Waals surface area contributed by atoms with Crippen LogP contribution < -0.4 is 10.6 Å². The van der Waals surface area contributed by atoms with Crippen molar-refractivity contribution in [3.63, 3.8) is 0 Å². The van der Waals surface area contributed by atoms with E-state index in [4.69, 9.17) is 6.57 Å². The molecule has 1 saturated heterocycles. The topological polar surface area (TPSA) is 119 Å². The molecule has 2 aliphatic heterocycles. The molecule has 0 aliphatic carbocycles. The third kappa shape index (κ3) is 5.49.